The van der Waals surface area contributed by atoms with E-state index in [2.05, 4.69) is 5.32 Å². The maximum Gasteiger partial charge on any atom is 0.391 e. The summed E-state index contributed by atoms with van der Waals surface area (Å²) >= 11 is 0. The molecule has 100 valence electrons. The molecule has 0 unspecified atom stereocenters. The van der Waals surface area contributed by atoms with Crippen molar-refractivity contribution in [2.24, 2.45) is 5.92 Å². The van der Waals surface area contributed by atoms with Crippen molar-refractivity contribution < 1.29 is 18.3 Å². The summed E-state index contributed by atoms with van der Waals surface area (Å²) in [5, 5.41) is 12.9. The molecular formula is C12H20F3NO. The van der Waals surface area contributed by atoms with Crippen molar-refractivity contribution in [2.45, 2.75) is 69.3 Å². The van der Waals surface area contributed by atoms with Crippen LogP contribution >= 0.6 is 0 Å². The predicted molar refractivity (Wildman–Crippen MR) is 58.6 cm³/mol. The van der Waals surface area contributed by atoms with Crippen molar-refractivity contribution in [2.75, 3.05) is 0 Å². The van der Waals surface area contributed by atoms with Gasteiger partial charge < -0.3 is 10.4 Å². The molecule has 0 aromatic carbocycles. The van der Waals surface area contributed by atoms with E-state index in [1.807, 2.05) is 0 Å². The van der Waals surface area contributed by atoms with E-state index in [1.165, 1.54) is 0 Å². The third-order valence-electron chi connectivity index (χ3n) is 4.07. The Bertz CT molecular complexity index is 255. The Hall–Kier alpha value is -0.290. The van der Waals surface area contributed by atoms with Gasteiger partial charge in [0.2, 0.25) is 0 Å². The maximum absolute atomic E-state index is 12.6. The molecule has 2 nitrogen and oxygen atoms in total. The second-order valence-electron chi connectivity index (χ2n) is 5.37. The smallest absolute Gasteiger partial charge is 0.391 e. The Morgan fingerprint density at radius 2 is 1.71 bits per heavy atom. The number of aliphatic hydroxyl groups is 1. The second-order valence-corrected chi connectivity index (χ2v) is 5.37. The highest BCUT2D eigenvalue weighted by atomic mass is 19.4. The zero-order valence-corrected chi connectivity index (χ0v) is 9.84. The molecule has 0 aromatic heterocycles. The van der Waals surface area contributed by atoms with Crippen LogP contribution in [0.2, 0.25) is 0 Å². The predicted octanol–water partition coefficient (Wildman–Crippen LogP) is 2.61. The van der Waals surface area contributed by atoms with Crippen molar-refractivity contribution in [3.05, 3.63) is 0 Å². The summed E-state index contributed by atoms with van der Waals surface area (Å²) < 4.78 is 37.9. The third kappa shape index (κ3) is 3.35. The molecule has 0 radical (unpaired) electrons. The van der Waals surface area contributed by atoms with Crippen LogP contribution < -0.4 is 5.32 Å². The molecule has 0 spiro atoms. The van der Waals surface area contributed by atoms with E-state index in [0.717, 1.165) is 25.7 Å². The molecule has 2 N–H and O–H groups in total. The Kier molecular flexibility index (Phi) is 3.98. The standard InChI is InChI=1S/C12H20F3NO/c13-12(14,15)8-3-1-4-9(7-8)16-10-5-2-6-11(10)17/h8-11,16-17H,1-7H2/t8-,9-,10+,11-/m1/s1. The summed E-state index contributed by atoms with van der Waals surface area (Å²) in [4.78, 5) is 0. The van der Waals surface area contributed by atoms with E-state index < -0.39 is 12.1 Å². The minimum Gasteiger partial charge on any atom is -0.392 e. The van der Waals surface area contributed by atoms with Gasteiger partial charge in [0.15, 0.2) is 0 Å². The Morgan fingerprint density at radius 3 is 2.29 bits per heavy atom. The minimum atomic E-state index is -4.06. The number of halogens is 3. The Balaban J connectivity index is 1.85. The van der Waals surface area contributed by atoms with Gasteiger partial charge in [-0.05, 0) is 38.5 Å². The fraction of sp³-hybridized carbons (Fsp3) is 1.00. The van der Waals surface area contributed by atoms with E-state index in [-0.39, 0.29) is 31.0 Å². The maximum atomic E-state index is 12.6. The largest absolute Gasteiger partial charge is 0.392 e. The molecule has 0 amide bonds. The highest BCUT2D eigenvalue weighted by Gasteiger charge is 2.42. The molecule has 0 aromatic rings. The first-order valence-electron chi connectivity index (χ1n) is 6.47. The van der Waals surface area contributed by atoms with Crippen molar-refractivity contribution in [3.8, 4) is 0 Å². The van der Waals surface area contributed by atoms with Crippen LogP contribution in [0.5, 0.6) is 0 Å². The minimum absolute atomic E-state index is 0.00647. The second kappa shape index (κ2) is 5.14. The lowest BCUT2D eigenvalue weighted by molar-refractivity contribution is -0.184. The van der Waals surface area contributed by atoms with Crippen LogP contribution in [0.25, 0.3) is 0 Å². The van der Waals surface area contributed by atoms with Gasteiger partial charge in [0, 0.05) is 12.1 Å². The lowest BCUT2D eigenvalue weighted by Crippen LogP contribution is -2.46. The molecule has 2 aliphatic carbocycles. The van der Waals surface area contributed by atoms with Crippen LogP contribution in [0.1, 0.15) is 44.9 Å². The molecular weight excluding hydrogens is 231 g/mol. The molecule has 17 heavy (non-hydrogen) atoms. The first-order valence-corrected chi connectivity index (χ1v) is 6.47. The molecule has 2 fully saturated rings. The summed E-state index contributed by atoms with van der Waals surface area (Å²) in [6.45, 7) is 0. The van der Waals surface area contributed by atoms with Crippen LogP contribution in [0.3, 0.4) is 0 Å². The van der Waals surface area contributed by atoms with E-state index in [9.17, 15) is 18.3 Å². The lowest BCUT2D eigenvalue weighted by Gasteiger charge is -2.33. The molecule has 2 rings (SSSR count). The van der Waals surface area contributed by atoms with Gasteiger partial charge in [-0.3, -0.25) is 0 Å². The van der Waals surface area contributed by atoms with Crippen LogP contribution in [-0.4, -0.2) is 29.5 Å². The van der Waals surface area contributed by atoms with E-state index >= 15 is 0 Å². The SMILES string of the molecule is O[C@@H]1CCC[C@@H]1N[C@@H]1CCC[C@@H](C(F)(F)F)C1. The van der Waals surface area contributed by atoms with Crippen molar-refractivity contribution in [3.63, 3.8) is 0 Å². The average Bonchev–Trinajstić information content (AvgIpc) is 2.64. The highest BCUT2D eigenvalue weighted by molar-refractivity contribution is 4.89. The molecule has 2 aliphatic rings. The highest BCUT2D eigenvalue weighted by Crippen LogP contribution is 2.38. The average molecular weight is 251 g/mol. The van der Waals surface area contributed by atoms with Crippen LogP contribution in [0, 0.1) is 5.92 Å². The number of hydrogen-bond donors (Lipinski definition) is 2. The summed E-state index contributed by atoms with van der Waals surface area (Å²) in [6, 6.07) is -0.0693. The molecule has 0 heterocycles. The lowest BCUT2D eigenvalue weighted by atomic mass is 9.85. The fourth-order valence-corrected chi connectivity index (χ4v) is 3.08. The van der Waals surface area contributed by atoms with Crippen LogP contribution in [0.15, 0.2) is 0 Å². The van der Waals surface area contributed by atoms with E-state index in [0.29, 0.717) is 6.42 Å². The zero-order chi connectivity index (χ0) is 12.5. The number of hydrogen-bond acceptors (Lipinski definition) is 2. The molecule has 0 aliphatic heterocycles. The van der Waals surface area contributed by atoms with Crippen LogP contribution in [0.4, 0.5) is 13.2 Å². The van der Waals surface area contributed by atoms with Gasteiger partial charge in [0.25, 0.3) is 0 Å². The zero-order valence-electron chi connectivity index (χ0n) is 9.84. The third-order valence-corrected chi connectivity index (χ3v) is 4.07. The number of nitrogens with one attached hydrogen (secondary N) is 1. The first kappa shape index (κ1) is 13.1. The summed E-state index contributed by atoms with van der Waals surface area (Å²) in [5.41, 5.74) is 0. The molecule has 4 atom stereocenters. The summed E-state index contributed by atoms with van der Waals surface area (Å²) in [6.07, 6.45) is 0.0492. The Morgan fingerprint density at radius 1 is 1.00 bits per heavy atom. The van der Waals surface area contributed by atoms with Crippen molar-refractivity contribution in [1.82, 2.24) is 5.32 Å². The van der Waals surface area contributed by atoms with Crippen molar-refractivity contribution in [1.29, 1.82) is 0 Å². The van der Waals surface area contributed by atoms with Gasteiger partial charge in [0.05, 0.1) is 12.0 Å². The van der Waals surface area contributed by atoms with Gasteiger partial charge >= 0.3 is 6.18 Å². The number of aliphatic hydroxyl groups excluding tert-OH is 1. The quantitative estimate of drug-likeness (QED) is 0.790. The monoisotopic (exact) mass is 251 g/mol. The normalized spacial score (nSPS) is 39.5. The first-order chi connectivity index (χ1) is 7.97. The van der Waals surface area contributed by atoms with Gasteiger partial charge in [-0.2, -0.15) is 13.2 Å². The van der Waals surface area contributed by atoms with Gasteiger partial charge in [0.1, 0.15) is 0 Å². The molecule has 5 heteroatoms. The summed E-state index contributed by atoms with van der Waals surface area (Å²) in [5.74, 6) is -1.16. The van der Waals surface area contributed by atoms with Crippen LogP contribution in [-0.2, 0) is 0 Å². The van der Waals surface area contributed by atoms with Gasteiger partial charge in [-0.1, -0.05) is 6.42 Å². The van der Waals surface area contributed by atoms with E-state index in [4.69, 9.17) is 0 Å². The summed E-state index contributed by atoms with van der Waals surface area (Å²) in [7, 11) is 0. The number of alkyl halides is 3. The van der Waals surface area contributed by atoms with E-state index in [1.54, 1.807) is 0 Å². The van der Waals surface area contributed by atoms with Gasteiger partial charge in [-0.25, -0.2) is 0 Å². The molecule has 0 bridgehead atoms. The Labute approximate surface area is 99.6 Å². The van der Waals surface area contributed by atoms with Crippen molar-refractivity contribution >= 4 is 0 Å². The fourth-order valence-electron chi connectivity index (χ4n) is 3.08. The number of rotatable bonds is 2. The molecule has 2 saturated carbocycles. The molecule has 0 saturated heterocycles. The van der Waals surface area contributed by atoms with Gasteiger partial charge in [-0.15, -0.1) is 0 Å². The topological polar surface area (TPSA) is 32.3 Å².